The Kier molecular flexibility index (Phi) is 2.33. The molecule has 2 nitrogen and oxygen atoms in total. The van der Waals surface area contributed by atoms with E-state index in [-0.39, 0.29) is 11.9 Å². The highest BCUT2D eigenvalue weighted by Gasteiger charge is 2.49. The van der Waals surface area contributed by atoms with E-state index in [9.17, 15) is 4.39 Å². The average Bonchev–Trinajstić information content (AvgIpc) is 2.10. The molecule has 1 aliphatic carbocycles. The molecule has 2 fully saturated rings. The van der Waals surface area contributed by atoms with Crippen molar-refractivity contribution < 1.29 is 9.13 Å². The fourth-order valence-electron chi connectivity index (χ4n) is 2.51. The summed E-state index contributed by atoms with van der Waals surface area (Å²) in [6.07, 6.45) is 2.39. The maximum absolute atomic E-state index is 12.8. The zero-order chi connectivity index (χ0) is 11.2. The lowest BCUT2D eigenvalue weighted by Gasteiger charge is -2.53. The first-order valence-corrected chi connectivity index (χ1v) is 5.87. The van der Waals surface area contributed by atoms with Crippen molar-refractivity contribution in [2.45, 2.75) is 18.9 Å². The van der Waals surface area contributed by atoms with Crippen molar-refractivity contribution in [1.29, 1.82) is 0 Å². The molecule has 0 amide bonds. The van der Waals surface area contributed by atoms with E-state index >= 15 is 0 Å². The predicted molar refractivity (Wildman–Crippen MR) is 60.4 cm³/mol. The molecule has 16 heavy (non-hydrogen) atoms. The molecule has 1 aromatic carbocycles. The van der Waals surface area contributed by atoms with Crippen LogP contribution in [0.2, 0.25) is 5.02 Å². The maximum atomic E-state index is 12.8. The van der Waals surface area contributed by atoms with Crippen LogP contribution in [0.3, 0.4) is 0 Å². The molecule has 1 saturated heterocycles. The number of hydrogen-bond donors (Lipinski definition) is 1. The van der Waals surface area contributed by atoms with Crippen molar-refractivity contribution in [2.75, 3.05) is 13.1 Å². The number of ether oxygens (including phenoxy) is 1. The second-order valence-corrected chi connectivity index (χ2v) is 5.23. The van der Waals surface area contributed by atoms with Gasteiger partial charge in [0, 0.05) is 18.5 Å². The fourth-order valence-corrected chi connectivity index (χ4v) is 2.72. The average molecular weight is 242 g/mol. The summed E-state index contributed by atoms with van der Waals surface area (Å²) in [5.41, 5.74) is 0.483. The molecule has 0 radical (unpaired) electrons. The van der Waals surface area contributed by atoms with E-state index in [0.717, 1.165) is 25.9 Å². The molecule has 1 N–H and O–H groups in total. The van der Waals surface area contributed by atoms with Gasteiger partial charge in [0.25, 0.3) is 0 Å². The van der Waals surface area contributed by atoms with Gasteiger partial charge >= 0.3 is 0 Å². The van der Waals surface area contributed by atoms with Crippen molar-refractivity contribution in [3.63, 3.8) is 0 Å². The van der Waals surface area contributed by atoms with Crippen molar-refractivity contribution in [2.24, 2.45) is 5.41 Å². The minimum Gasteiger partial charge on any atom is -0.489 e. The summed E-state index contributed by atoms with van der Waals surface area (Å²) in [6.45, 7) is 2.20. The highest BCUT2D eigenvalue weighted by molar-refractivity contribution is 6.32. The van der Waals surface area contributed by atoms with Crippen molar-refractivity contribution in [3.05, 3.63) is 29.0 Å². The third-order valence-corrected chi connectivity index (χ3v) is 3.80. The van der Waals surface area contributed by atoms with Crippen LogP contribution >= 0.6 is 11.6 Å². The fraction of sp³-hybridized carbons (Fsp3) is 0.500. The summed E-state index contributed by atoms with van der Waals surface area (Å²) in [7, 11) is 0. The van der Waals surface area contributed by atoms with Gasteiger partial charge in [-0.1, -0.05) is 11.6 Å². The van der Waals surface area contributed by atoms with Crippen LogP contribution in [0.25, 0.3) is 0 Å². The Morgan fingerprint density at radius 1 is 1.38 bits per heavy atom. The number of hydrogen-bond acceptors (Lipinski definition) is 2. The van der Waals surface area contributed by atoms with Crippen LogP contribution in [-0.4, -0.2) is 19.2 Å². The van der Waals surface area contributed by atoms with Crippen molar-refractivity contribution in [3.8, 4) is 5.75 Å². The zero-order valence-electron chi connectivity index (χ0n) is 8.80. The standard InChI is InChI=1S/C12H13ClFNO/c13-10-3-8(14)1-2-11(10)16-9-4-12(5-9)6-15-7-12/h1-3,9,15H,4-7H2. The first kappa shape index (κ1) is 10.4. The molecule has 1 saturated carbocycles. The van der Waals surface area contributed by atoms with E-state index in [0.29, 0.717) is 16.2 Å². The largest absolute Gasteiger partial charge is 0.489 e. The molecule has 1 aliphatic heterocycles. The van der Waals surface area contributed by atoms with Crippen LogP contribution in [0.4, 0.5) is 4.39 Å². The molecule has 0 aromatic heterocycles. The molecule has 3 rings (SSSR count). The molecule has 0 atom stereocenters. The third-order valence-electron chi connectivity index (χ3n) is 3.51. The van der Waals surface area contributed by atoms with Gasteiger partial charge in [-0.05, 0) is 31.0 Å². The summed E-state index contributed by atoms with van der Waals surface area (Å²) >= 11 is 5.90. The van der Waals surface area contributed by atoms with Gasteiger partial charge in [-0.3, -0.25) is 0 Å². The van der Waals surface area contributed by atoms with Crippen LogP contribution in [-0.2, 0) is 0 Å². The van der Waals surface area contributed by atoms with E-state index < -0.39 is 0 Å². The van der Waals surface area contributed by atoms with E-state index in [2.05, 4.69) is 5.32 Å². The van der Waals surface area contributed by atoms with Crippen molar-refractivity contribution >= 4 is 11.6 Å². The molecule has 2 aliphatic rings. The van der Waals surface area contributed by atoms with Crippen LogP contribution in [0.15, 0.2) is 18.2 Å². The van der Waals surface area contributed by atoms with Gasteiger partial charge in [-0.15, -0.1) is 0 Å². The molecule has 0 bridgehead atoms. The first-order valence-electron chi connectivity index (χ1n) is 5.49. The minimum atomic E-state index is -0.328. The van der Waals surface area contributed by atoms with Gasteiger partial charge in [-0.2, -0.15) is 0 Å². The van der Waals surface area contributed by atoms with Gasteiger partial charge in [0.1, 0.15) is 17.7 Å². The topological polar surface area (TPSA) is 21.3 Å². The van der Waals surface area contributed by atoms with E-state index in [1.54, 1.807) is 6.07 Å². The number of nitrogens with one attached hydrogen (secondary N) is 1. The Bertz CT molecular complexity index is 411. The number of rotatable bonds is 2. The second kappa shape index (κ2) is 3.60. The summed E-state index contributed by atoms with van der Waals surface area (Å²) in [5, 5.41) is 3.63. The van der Waals surface area contributed by atoms with E-state index in [1.165, 1.54) is 12.1 Å². The summed E-state index contributed by atoms with van der Waals surface area (Å²) in [4.78, 5) is 0. The van der Waals surface area contributed by atoms with Gasteiger partial charge in [0.15, 0.2) is 0 Å². The predicted octanol–water partition coefficient (Wildman–Crippen LogP) is 2.61. The lowest BCUT2D eigenvalue weighted by molar-refractivity contribution is -0.0495. The Morgan fingerprint density at radius 3 is 2.69 bits per heavy atom. The van der Waals surface area contributed by atoms with Crippen LogP contribution < -0.4 is 10.1 Å². The lowest BCUT2D eigenvalue weighted by Crippen LogP contribution is -2.62. The smallest absolute Gasteiger partial charge is 0.138 e. The Morgan fingerprint density at radius 2 is 2.12 bits per heavy atom. The highest BCUT2D eigenvalue weighted by Crippen LogP contribution is 2.46. The monoisotopic (exact) mass is 241 g/mol. The maximum Gasteiger partial charge on any atom is 0.138 e. The number of benzene rings is 1. The van der Waals surface area contributed by atoms with Gasteiger partial charge in [0.2, 0.25) is 0 Å². The van der Waals surface area contributed by atoms with Gasteiger partial charge < -0.3 is 10.1 Å². The molecule has 1 aromatic rings. The molecule has 1 spiro atoms. The Hall–Kier alpha value is -0.800. The van der Waals surface area contributed by atoms with Crippen LogP contribution in [0, 0.1) is 11.2 Å². The zero-order valence-corrected chi connectivity index (χ0v) is 9.56. The second-order valence-electron chi connectivity index (χ2n) is 4.83. The van der Waals surface area contributed by atoms with E-state index in [1.807, 2.05) is 0 Å². The summed E-state index contributed by atoms with van der Waals surface area (Å²) in [5.74, 6) is 0.265. The minimum absolute atomic E-state index is 0.241. The van der Waals surface area contributed by atoms with Crippen LogP contribution in [0.1, 0.15) is 12.8 Å². The quantitative estimate of drug-likeness (QED) is 0.860. The molecule has 86 valence electrons. The van der Waals surface area contributed by atoms with Crippen LogP contribution in [0.5, 0.6) is 5.75 Å². The van der Waals surface area contributed by atoms with Crippen molar-refractivity contribution in [1.82, 2.24) is 5.32 Å². The van der Waals surface area contributed by atoms with E-state index in [4.69, 9.17) is 16.3 Å². The molecule has 1 heterocycles. The molecular formula is C12H13ClFNO. The van der Waals surface area contributed by atoms with Gasteiger partial charge in [-0.25, -0.2) is 4.39 Å². The molecule has 0 unspecified atom stereocenters. The highest BCUT2D eigenvalue weighted by atomic mass is 35.5. The normalized spacial score (nSPS) is 22.6. The third kappa shape index (κ3) is 1.68. The summed E-state index contributed by atoms with van der Waals surface area (Å²) < 4.78 is 18.6. The molecule has 4 heteroatoms. The SMILES string of the molecule is Fc1ccc(OC2CC3(CNC3)C2)c(Cl)c1. The van der Waals surface area contributed by atoms with Gasteiger partial charge in [0.05, 0.1) is 5.02 Å². The number of halogens is 2. The molecular weight excluding hydrogens is 229 g/mol. The summed E-state index contributed by atoms with van der Waals surface area (Å²) in [6, 6.07) is 4.26. The first-order chi connectivity index (χ1) is 7.67. The Balaban J connectivity index is 1.62. The Labute approximate surface area is 98.7 Å². The lowest BCUT2D eigenvalue weighted by atomic mass is 9.63.